The summed E-state index contributed by atoms with van der Waals surface area (Å²) in [5.41, 5.74) is 3.48. The molecule has 5 heteroatoms. The van der Waals surface area contributed by atoms with Crippen LogP contribution in [0.15, 0.2) is 63.8 Å². The molecule has 0 bridgehead atoms. The number of methoxy groups -OCH3 is 1. The highest BCUT2D eigenvalue weighted by Gasteiger charge is 2.15. The SMILES string of the molecule is COc1ccccc1-c1ccccc1C(=O)NCc1csc(Br)c1. The first-order valence-corrected chi connectivity index (χ1v) is 9.10. The fourth-order valence-corrected chi connectivity index (χ4v) is 3.71. The zero-order valence-electron chi connectivity index (χ0n) is 13.1. The van der Waals surface area contributed by atoms with Crippen LogP contribution < -0.4 is 10.1 Å². The number of para-hydroxylation sites is 1. The molecule has 1 heterocycles. The van der Waals surface area contributed by atoms with Gasteiger partial charge < -0.3 is 10.1 Å². The van der Waals surface area contributed by atoms with Crippen LogP contribution >= 0.6 is 27.3 Å². The van der Waals surface area contributed by atoms with Crippen molar-refractivity contribution < 1.29 is 9.53 Å². The topological polar surface area (TPSA) is 38.3 Å². The molecule has 0 saturated carbocycles. The first-order chi connectivity index (χ1) is 11.7. The number of halogens is 1. The van der Waals surface area contributed by atoms with Crippen molar-refractivity contribution in [1.29, 1.82) is 0 Å². The van der Waals surface area contributed by atoms with E-state index in [1.165, 1.54) is 0 Å². The second-order valence-corrected chi connectivity index (χ2v) is 7.48. The van der Waals surface area contributed by atoms with Crippen LogP contribution in [0.5, 0.6) is 5.75 Å². The lowest BCUT2D eigenvalue weighted by Crippen LogP contribution is -2.23. The van der Waals surface area contributed by atoms with Crippen molar-refractivity contribution in [1.82, 2.24) is 5.32 Å². The number of hydrogen-bond donors (Lipinski definition) is 1. The van der Waals surface area contributed by atoms with Gasteiger partial charge in [-0.2, -0.15) is 0 Å². The van der Waals surface area contributed by atoms with Crippen molar-refractivity contribution >= 4 is 33.2 Å². The Kier molecular flexibility index (Phi) is 5.33. The molecule has 3 aromatic rings. The Labute approximate surface area is 153 Å². The van der Waals surface area contributed by atoms with E-state index in [0.29, 0.717) is 12.1 Å². The summed E-state index contributed by atoms with van der Waals surface area (Å²) < 4.78 is 6.49. The zero-order valence-corrected chi connectivity index (χ0v) is 15.5. The molecule has 0 spiro atoms. The first-order valence-electron chi connectivity index (χ1n) is 7.42. The number of benzene rings is 2. The third-order valence-electron chi connectivity index (χ3n) is 3.64. The number of carbonyl (C=O) groups is 1. The Hall–Kier alpha value is -2.11. The van der Waals surface area contributed by atoms with Gasteiger partial charge in [-0.1, -0.05) is 36.4 Å². The van der Waals surface area contributed by atoms with Gasteiger partial charge in [0.25, 0.3) is 5.91 Å². The standard InChI is InChI=1S/C19H16BrNO2S/c1-23-17-9-5-4-7-15(17)14-6-2-3-8-16(14)19(22)21-11-13-10-18(20)24-12-13/h2-10,12H,11H2,1H3,(H,21,22). The van der Waals surface area contributed by atoms with E-state index in [0.717, 1.165) is 26.2 Å². The lowest BCUT2D eigenvalue weighted by Gasteiger charge is -2.13. The quantitative estimate of drug-likeness (QED) is 0.644. The number of thiophene rings is 1. The number of amides is 1. The second-order valence-electron chi connectivity index (χ2n) is 5.19. The summed E-state index contributed by atoms with van der Waals surface area (Å²) in [6.07, 6.45) is 0. The van der Waals surface area contributed by atoms with Gasteiger partial charge in [-0.05, 0) is 50.6 Å². The van der Waals surface area contributed by atoms with E-state index in [4.69, 9.17) is 4.74 Å². The number of nitrogens with one attached hydrogen (secondary N) is 1. The zero-order chi connectivity index (χ0) is 16.9. The van der Waals surface area contributed by atoms with Crippen molar-refractivity contribution in [2.24, 2.45) is 0 Å². The van der Waals surface area contributed by atoms with Gasteiger partial charge in [-0.15, -0.1) is 11.3 Å². The minimum atomic E-state index is -0.0983. The molecule has 0 radical (unpaired) electrons. The summed E-state index contributed by atoms with van der Waals surface area (Å²) in [7, 11) is 1.63. The molecule has 0 aliphatic heterocycles. The van der Waals surface area contributed by atoms with Crippen LogP contribution in [0.25, 0.3) is 11.1 Å². The first kappa shape index (κ1) is 16.7. The van der Waals surface area contributed by atoms with Crippen LogP contribution in [0.3, 0.4) is 0 Å². The Balaban J connectivity index is 1.87. The molecular weight excluding hydrogens is 386 g/mol. The van der Waals surface area contributed by atoms with Gasteiger partial charge in [0.15, 0.2) is 0 Å². The maximum absolute atomic E-state index is 12.7. The number of carbonyl (C=O) groups excluding carboxylic acids is 1. The molecule has 1 amide bonds. The van der Waals surface area contributed by atoms with E-state index in [9.17, 15) is 4.79 Å². The molecule has 3 rings (SSSR count). The van der Waals surface area contributed by atoms with E-state index in [-0.39, 0.29) is 5.91 Å². The smallest absolute Gasteiger partial charge is 0.252 e. The third kappa shape index (κ3) is 3.68. The Bertz CT molecular complexity index is 860. The molecule has 1 N–H and O–H groups in total. The van der Waals surface area contributed by atoms with Crippen LogP contribution in [0, 0.1) is 0 Å². The molecule has 0 unspecified atom stereocenters. The Morgan fingerprint density at radius 3 is 2.54 bits per heavy atom. The van der Waals surface area contributed by atoms with E-state index in [1.807, 2.05) is 60.0 Å². The molecule has 0 atom stereocenters. The molecule has 0 saturated heterocycles. The molecule has 3 nitrogen and oxygen atoms in total. The molecule has 24 heavy (non-hydrogen) atoms. The average molecular weight is 402 g/mol. The van der Waals surface area contributed by atoms with Gasteiger partial charge in [0.2, 0.25) is 0 Å². The van der Waals surface area contributed by atoms with Gasteiger partial charge in [-0.25, -0.2) is 0 Å². The summed E-state index contributed by atoms with van der Waals surface area (Å²) in [5.74, 6) is 0.651. The minimum absolute atomic E-state index is 0.0983. The Morgan fingerprint density at radius 1 is 1.12 bits per heavy atom. The van der Waals surface area contributed by atoms with Crippen molar-refractivity contribution in [2.45, 2.75) is 6.54 Å². The summed E-state index contributed by atoms with van der Waals surface area (Å²) in [5, 5.41) is 5.01. The van der Waals surface area contributed by atoms with Gasteiger partial charge in [0.1, 0.15) is 5.75 Å². The van der Waals surface area contributed by atoms with E-state index in [2.05, 4.69) is 21.2 Å². The number of ether oxygens (including phenoxy) is 1. The van der Waals surface area contributed by atoms with Crippen molar-refractivity contribution in [3.05, 3.63) is 74.9 Å². The fourth-order valence-electron chi connectivity index (χ4n) is 2.50. The highest BCUT2D eigenvalue weighted by Crippen LogP contribution is 2.32. The Morgan fingerprint density at radius 2 is 1.83 bits per heavy atom. The van der Waals surface area contributed by atoms with Gasteiger partial charge in [0, 0.05) is 17.7 Å². The minimum Gasteiger partial charge on any atom is -0.496 e. The van der Waals surface area contributed by atoms with Crippen LogP contribution in [0.4, 0.5) is 0 Å². The van der Waals surface area contributed by atoms with Crippen LogP contribution in [-0.4, -0.2) is 13.0 Å². The fraction of sp³-hybridized carbons (Fsp3) is 0.105. The maximum atomic E-state index is 12.7. The molecule has 0 aliphatic carbocycles. The second kappa shape index (κ2) is 7.64. The number of rotatable bonds is 5. The van der Waals surface area contributed by atoms with Crippen molar-refractivity contribution in [2.75, 3.05) is 7.11 Å². The van der Waals surface area contributed by atoms with Gasteiger partial charge >= 0.3 is 0 Å². The molecule has 0 aliphatic rings. The summed E-state index contributed by atoms with van der Waals surface area (Å²) >= 11 is 5.04. The predicted molar refractivity (Wildman–Crippen MR) is 102 cm³/mol. The number of hydrogen-bond acceptors (Lipinski definition) is 3. The third-order valence-corrected chi connectivity index (χ3v) is 5.20. The van der Waals surface area contributed by atoms with Crippen molar-refractivity contribution in [3.63, 3.8) is 0 Å². The lowest BCUT2D eigenvalue weighted by atomic mass is 9.98. The largest absolute Gasteiger partial charge is 0.496 e. The lowest BCUT2D eigenvalue weighted by molar-refractivity contribution is 0.0951. The monoisotopic (exact) mass is 401 g/mol. The predicted octanol–water partition coefficient (Wildman–Crippen LogP) is 5.12. The molecule has 2 aromatic carbocycles. The van der Waals surface area contributed by atoms with Crippen LogP contribution in [0.2, 0.25) is 0 Å². The van der Waals surface area contributed by atoms with E-state index < -0.39 is 0 Å². The molecular formula is C19H16BrNO2S. The van der Waals surface area contributed by atoms with Crippen molar-refractivity contribution in [3.8, 4) is 16.9 Å². The van der Waals surface area contributed by atoms with Gasteiger partial charge in [0.05, 0.1) is 10.9 Å². The normalized spacial score (nSPS) is 10.4. The van der Waals surface area contributed by atoms with Crippen LogP contribution in [-0.2, 0) is 6.54 Å². The van der Waals surface area contributed by atoms with E-state index in [1.54, 1.807) is 18.4 Å². The van der Waals surface area contributed by atoms with E-state index >= 15 is 0 Å². The highest BCUT2D eigenvalue weighted by atomic mass is 79.9. The molecule has 122 valence electrons. The molecule has 1 aromatic heterocycles. The molecule has 0 fully saturated rings. The van der Waals surface area contributed by atoms with Crippen LogP contribution in [0.1, 0.15) is 15.9 Å². The van der Waals surface area contributed by atoms with Gasteiger partial charge in [-0.3, -0.25) is 4.79 Å². The maximum Gasteiger partial charge on any atom is 0.252 e. The summed E-state index contributed by atoms with van der Waals surface area (Å²) in [6, 6.07) is 17.3. The average Bonchev–Trinajstić information content (AvgIpc) is 3.05. The highest BCUT2D eigenvalue weighted by molar-refractivity contribution is 9.11. The summed E-state index contributed by atoms with van der Waals surface area (Å²) in [4.78, 5) is 12.7. The summed E-state index contributed by atoms with van der Waals surface area (Å²) in [6.45, 7) is 0.501.